The number of halogens is 1. The Hall–Kier alpha value is -1.37. The van der Waals surface area contributed by atoms with E-state index in [9.17, 15) is 9.59 Å². The molecule has 0 saturated heterocycles. The van der Waals surface area contributed by atoms with Gasteiger partial charge in [-0.3, -0.25) is 9.59 Å². The fraction of sp³-hybridized carbons (Fsp3) is 0.375. The largest absolute Gasteiger partial charge is 0.348 e. The molecule has 2 aromatic heterocycles. The normalized spacial score (nSPS) is 12.0. The predicted octanol–water partition coefficient (Wildman–Crippen LogP) is 4.08. The van der Waals surface area contributed by atoms with Crippen LogP contribution in [0.1, 0.15) is 36.1 Å². The van der Waals surface area contributed by atoms with Gasteiger partial charge < -0.3 is 10.2 Å². The van der Waals surface area contributed by atoms with E-state index < -0.39 is 0 Å². The van der Waals surface area contributed by atoms with Crippen molar-refractivity contribution in [2.24, 2.45) is 0 Å². The highest BCUT2D eigenvalue weighted by molar-refractivity contribution is 7.16. The third-order valence-corrected chi connectivity index (χ3v) is 5.55. The monoisotopic (exact) mass is 370 g/mol. The van der Waals surface area contributed by atoms with E-state index in [2.05, 4.69) is 5.32 Å². The molecule has 2 amide bonds. The molecular weight excluding hydrogens is 352 g/mol. The number of carbonyl (C=O) groups is 2. The van der Waals surface area contributed by atoms with Gasteiger partial charge in [-0.25, -0.2) is 0 Å². The first-order chi connectivity index (χ1) is 11.0. The number of nitrogens with zero attached hydrogens (tertiary/aromatic N) is 1. The van der Waals surface area contributed by atoms with Crippen molar-refractivity contribution in [1.82, 2.24) is 10.2 Å². The lowest BCUT2D eigenvalue weighted by Crippen LogP contribution is -2.35. The zero-order chi connectivity index (χ0) is 16.8. The minimum atomic E-state index is -0.277. The van der Waals surface area contributed by atoms with Crippen LogP contribution in [0.3, 0.4) is 0 Å². The number of hydrogen-bond acceptors (Lipinski definition) is 4. The number of thiophene rings is 2. The maximum atomic E-state index is 12.6. The number of nitrogens with one attached hydrogen (secondary N) is 1. The van der Waals surface area contributed by atoms with Crippen LogP contribution in [-0.2, 0) is 16.1 Å². The fourth-order valence-corrected chi connectivity index (χ4v) is 4.14. The van der Waals surface area contributed by atoms with Gasteiger partial charge in [0.05, 0.1) is 23.3 Å². The maximum absolute atomic E-state index is 12.6. The highest BCUT2D eigenvalue weighted by Crippen LogP contribution is 2.25. The van der Waals surface area contributed by atoms with Crippen LogP contribution < -0.4 is 5.32 Å². The third kappa shape index (κ3) is 5.34. The molecule has 1 atom stereocenters. The Bertz CT molecular complexity index is 655. The summed E-state index contributed by atoms with van der Waals surface area (Å²) in [6.07, 6.45) is 0.257. The highest BCUT2D eigenvalue weighted by Gasteiger charge is 2.21. The SMILES string of the molecule is CCN(Cc1ccc(Cl)s1)C(=O)CC(NC(C)=O)c1cccs1. The summed E-state index contributed by atoms with van der Waals surface area (Å²) in [5.74, 6) is -0.117. The van der Waals surface area contributed by atoms with Crippen LogP contribution in [0.25, 0.3) is 0 Å². The molecule has 2 heterocycles. The van der Waals surface area contributed by atoms with Crippen molar-refractivity contribution in [2.75, 3.05) is 6.54 Å². The zero-order valence-electron chi connectivity index (χ0n) is 13.0. The third-order valence-electron chi connectivity index (χ3n) is 3.35. The molecule has 7 heteroatoms. The topological polar surface area (TPSA) is 49.4 Å². The minimum absolute atomic E-state index is 0.0178. The molecule has 0 spiro atoms. The molecule has 1 unspecified atom stereocenters. The summed E-state index contributed by atoms with van der Waals surface area (Å²) < 4.78 is 0.721. The van der Waals surface area contributed by atoms with Crippen molar-refractivity contribution in [3.8, 4) is 0 Å². The average molecular weight is 371 g/mol. The molecule has 1 N–H and O–H groups in total. The summed E-state index contributed by atoms with van der Waals surface area (Å²) in [5, 5.41) is 4.81. The summed E-state index contributed by atoms with van der Waals surface area (Å²) in [6, 6.07) is 7.36. The summed E-state index contributed by atoms with van der Waals surface area (Å²) >= 11 is 8.97. The number of hydrogen-bond donors (Lipinski definition) is 1. The molecular formula is C16H19ClN2O2S2. The summed E-state index contributed by atoms with van der Waals surface area (Å²) in [5.41, 5.74) is 0. The lowest BCUT2D eigenvalue weighted by atomic mass is 10.1. The maximum Gasteiger partial charge on any atom is 0.225 e. The highest BCUT2D eigenvalue weighted by atomic mass is 35.5. The van der Waals surface area contributed by atoms with E-state index in [1.165, 1.54) is 18.3 Å². The smallest absolute Gasteiger partial charge is 0.225 e. The van der Waals surface area contributed by atoms with Crippen molar-refractivity contribution >= 4 is 46.1 Å². The number of amides is 2. The second-order valence-electron chi connectivity index (χ2n) is 5.09. The van der Waals surface area contributed by atoms with Crippen LogP contribution in [0.5, 0.6) is 0 Å². The fourth-order valence-electron chi connectivity index (χ4n) is 2.26. The van der Waals surface area contributed by atoms with Gasteiger partial charge in [-0.05, 0) is 30.5 Å². The molecule has 2 aromatic rings. The summed E-state index contributed by atoms with van der Waals surface area (Å²) in [7, 11) is 0. The molecule has 0 saturated carbocycles. The zero-order valence-corrected chi connectivity index (χ0v) is 15.4. The van der Waals surface area contributed by atoms with Gasteiger partial charge in [0.2, 0.25) is 11.8 Å². The van der Waals surface area contributed by atoms with Gasteiger partial charge in [0, 0.05) is 23.2 Å². The van der Waals surface area contributed by atoms with Gasteiger partial charge >= 0.3 is 0 Å². The van der Waals surface area contributed by atoms with Crippen LogP contribution in [0.15, 0.2) is 29.6 Å². The molecule has 4 nitrogen and oxygen atoms in total. The first-order valence-corrected chi connectivity index (χ1v) is 9.39. The lowest BCUT2D eigenvalue weighted by Gasteiger charge is -2.23. The number of carbonyl (C=O) groups excluding carboxylic acids is 2. The second-order valence-corrected chi connectivity index (χ2v) is 7.87. The first-order valence-electron chi connectivity index (χ1n) is 7.32. The lowest BCUT2D eigenvalue weighted by molar-refractivity contribution is -0.132. The van der Waals surface area contributed by atoms with Crippen LogP contribution in [-0.4, -0.2) is 23.3 Å². The van der Waals surface area contributed by atoms with Gasteiger partial charge in [0.1, 0.15) is 0 Å². The second kappa shape index (κ2) is 8.47. The van der Waals surface area contributed by atoms with Crippen LogP contribution in [0.4, 0.5) is 0 Å². The van der Waals surface area contributed by atoms with E-state index in [4.69, 9.17) is 11.6 Å². The van der Waals surface area contributed by atoms with E-state index in [0.29, 0.717) is 13.1 Å². The average Bonchev–Trinajstić information content (AvgIpc) is 3.15. The van der Waals surface area contributed by atoms with E-state index in [-0.39, 0.29) is 24.3 Å². The predicted molar refractivity (Wildman–Crippen MR) is 95.9 cm³/mol. The molecule has 124 valence electrons. The van der Waals surface area contributed by atoms with Crippen LogP contribution >= 0.6 is 34.3 Å². The Morgan fingerprint density at radius 3 is 2.65 bits per heavy atom. The van der Waals surface area contributed by atoms with Crippen molar-refractivity contribution in [1.29, 1.82) is 0 Å². The van der Waals surface area contributed by atoms with Crippen LogP contribution in [0.2, 0.25) is 4.34 Å². The Morgan fingerprint density at radius 1 is 1.35 bits per heavy atom. The van der Waals surface area contributed by atoms with E-state index >= 15 is 0 Å². The number of rotatable bonds is 7. The Morgan fingerprint density at radius 2 is 2.13 bits per heavy atom. The first kappa shape index (κ1) is 18.0. The summed E-state index contributed by atoms with van der Waals surface area (Å²) in [6.45, 7) is 4.58. The molecule has 23 heavy (non-hydrogen) atoms. The van der Waals surface area contributed by atoms with Crippen LogP contribution in [0, 0.1) is 0 Å². The molecule has 0 radical (unpaired) electrons. The molecule has 0 fully saturated rings. The van der Waals surface area contributed by atoms with Gasteiger partial charge in [-0.2, -0.15) is 0 Å². The Balaban J connectivity index is 2.05. The molecule has 0 aliphatic carbocycles. The molecule has 0 aliphatic rings. The Kier molecular flexibility index (Phi) is 6.62. The van der Waals surface area contributed by atoms with E-state index in [0.717, 1.165) is 14.1 Å². The van der Waals surface area contributed by atoms with Crippen molar-refractivity contribution in [3.63, 3.8) is 0 Å². The van der Waals surface area contributed by atoms with Crippen molar-refractivity contribution in [2.45, 2.75) is 32.9 Å². The molecule has 0 aliphatic heterocycles. The quantitative estimate of drug-likeness (QED) is 0.798. The molecule has 2 rings (SSSR count). The van der Waals surface area contributed by atoms with Crippen molar-refractivity contribution < 1.29 is 9.59 Å². The van der Waals surface area contributed by atoms with E-state index in [1.54, 1.807) is 16.2 Å². The standard InChI is InChI=1S/C16H19ClN2O2S2/c1-3-19(10-12-6-7-15(17)23-12)16(21)9-13(18-11(2)20)14-5-4-8-22-14/h4-8,13H,3,9-10H2,1-2H3,(H,18,20). The molecule has 0 aromatic carbocycles. The van der Waals surface area contributed by atoms with Gasteiger partial charge in [0.15, 0.2) is 0 Å². The van der Waals surface area contributed by atoms with Gasteiger partial charge in [-0.15, -0.1) is 22.7 Å². The summed E-state index contributed by atoms with van der Waals surface area (Å²) in [4.78, 5) is 27.9. The Labute approximate surface area is 149 Å². The van der Waals surface area contributed by atoms with Crippen molar-refractivity contribution in [3.05, 3.63) is 43.7 Å². The van der Waals surface area contributed by atoms with Gasteiger partial charge in [-0.1, -0.05) is 17.7 Å². The van der Waals surface area contributed by atoms with Gasteiger partial charge in [0.25, 0.3) is 0 Å². The minimum Gasteiger partial charge on any atom is -0.348 e. The van der Waals surface area contributed by atoms with E-state index in [1.807, 2.05) is 36.6 Å². The molecule has 0 bridgehead atoms.